The van der Waals surface area contributed by atoms with Gasteiger partial charge in [-0.25, -0.2) is 14.8 Å². The minimum Gasteiger partial charge on any atom is -0.445 e. The molecule has 5 aromatic rings. The lowest BCUT2D eigenvalue weighted by atomic mass is 9.89. The second-order valence-electron chi connectivity index (χ2n) is 32.4. The predicted octanol–water partition coefficient (Wildman–Crippen LogP) is 8.05. The van der Waals surface area contributed by atoms with Crippen LogP contribution in [0.1, 0.15) is 161 Å². The summed E-state index contributed by atoms with van der Waals surface area (Å²) in [6.45, 7) is 21.5. The number of amides is 10. The quantitative estimate of drug-likeness (QED) is 0.00789. The summed E-state index contributed by atoms with van der Waals surface area (Å²) in [4.78, 5) is 154. The number of nitrogens with one attached hydrogen (secondary N) is 7. The van der Waals surface area contributed by atoms with Crippen LogP contribution >= 0.6 is 11.3 Å². The lowest BCUT2D eigenvalue weighted by Gasteiger charge is -2.41. The Hall–Kier alpha value is -9.44. The predicted molar refractivity (Wildman–Crippen MR) is 458 cm³/mol. The van der Waals surface area contributed by atoms with Gasteiger partial charge in [0, 0.05) is 128 Å². The number of aryl methyl sites for hydroxylation is 1. The standard InChI is InChI=1S/C87H132N16O15S/c1-17-58(8)79(70(114-15)52-75(107)103-40-23-28-69(103)80(115-16)59(9)81(108)94-67(85-91-39-49-119-85)50-61-24-19-18-20-25-61)98(13)86(112)77(56(4)5)96-84(111)78(57(6)7)99(14)87(113)118-54-62-29-31-64(32-30-62)93-82(109)60(10)92-83(110)76(55(2)3)95-72(104)33-34-74(106)102(44-46-117-48-47-116-45-38-71(88)89)65-35-41-100(42-36-65)73(105)37-43-101-66(53-97(12)90-11)51-63-26-21-22-27-68(63)101/h18-22,24-27,29-32,39,49,51,55-60,65,67,69-70,76-80,90H,17,23,28,33-38,40-48,50,52-54H2,1-16H3,(H3,88,89)(H,92,110)(H,93,109)(H,94,108)(H,95,104)(H,96,111). The Kier molecular flexibility index (Phi) is 39.1. The maximum absolute atomic E-state index is 14.9. The van der Waals surface area contributed by atoms with E-state index in [4.69, 9.17) is 34.8 Å². The van der Waals surface area contributed by atoms with Crippen molar-refractivity contribution in [2.24, 2.45) is 35.3 Å². The molecular formula is C87H132N16O15S. The van der Waals surface area contributed by atoms with Gasteiger partial charge in [0.1, 0.15) is 35.8 Å². The van der Waals surface area contributed by atoms with E-state index in [1.54, 1.807) is 87.0 Å². The van der Waals surface area contributed by atoms with Crippen LogP contribution in [0.15, 0.2) is 96.5 Å². The summed E-state index contributed by atoms with van der Waals surface area (Å²) in [6.07, 6.45) is 3.17. The third kappa shape index (κ3) is 28.3. The lowest BCUT2D eigenvalue weighted by molar-refractivity contribution is -0.148. The van der Waals surface area contributed by atoms with Crippen molar-refractivity contribution in [1.29, 1.82) is 5.41 Å². The lowest BCUT2D eigenvalue weighted by Crippen LogP contribution is -2.60. The maximum atomic E-state index is 14.9. The van der Waals surface area contributed by atoms with Crippen molar-refractivity contribution in [1.82, 2.24) is 65.8 Å². The van der Waals surface area contributed by atoms with Crippen LogP contribution in [0.3, 0.4) is 0 Å². The molecular weight excluding hydrogens is 1540 g/mol. The number of anilines is 1. The number of hydrogen-bond donors (Lipinski definition) is 8. The third-order valence-corrected chi connectivity index (χ3v) is 23.7. The Balaban J connectivity index is 0.879. The first-order valence-electron chi connectivity index (χ1n) is 41.9. The molecule has 656 valence electrons. The van der Waals surface area contributed by atoms with Crippen LogP contribution in [0.4, 0.5) is 10.5 Å². The SMILES string of the molecule is CCC(C)C(C(CC(=O)N1CCCC1C(OC)C(C)C(=O)NC(Cc1ccccc1)c1nccs1)OC)N(C)C(=O)C(NC(=O)C(C(C)C)N(C)C(=O)OCc1ccc(NC(=O)C(C)NC(=O)C(NC(=O)CCC(=O)N(CCOCCOCCC(=N)N)C2CCN(C(=O)CCn3c(CN(C)NC)cc4ccccc43)CC2)C(C)C)cc1)C(C)C. The minimum atomic E-state index is -1.08. The zero-order chi connectivity index (χ0) is 87.2. The molecule has 4 heterocycles. The van der Waals surface area contributed by atoms with Gasteiger partial charge in [-0.1, -0.05) is 129 Å². The second-order valence-corrected chi connectivity index (χ2v) is 33.3. The molecule has 2 aliphatic rings. The molecule has 10 amide bonds. The smallest absolute Gasteiger partial charge is 0.410 e. The highest BCUT2D eigenvalue weighted by Gasteiger charge is 2.45. The van der Waals surface area contributed by atoms with Gasteiger partial charge in [0.25, 0.3) is 0 Å². The van der Waals surface area contributed by atoms with Crippen molar-refractivity contribution in [2.45, 2.75) is 220 Å². The van der Waals surface area contributed by atoms with E-state index in [2.05, 4.69) is 59.8 Å². The summed E-state index contributed by atoms with van der Waals surface area (Å²) < 4.78 is 31.6. The Morgan fingerprint density at radius 2 is 1.35 bits per heavy atom. The highest BCUT2D eigenvalue weighted by Crippen LogP contribution is 2.32. The number of nitrogens with two attached hydrogens (primary N) is 1. The number of rotatable bonds is 48. The summed E-state index contributed by atoms with van der Waals surface area (Å²) in [7, 11) is 10.0. The number of piperidine rings is 1. The minimum absolute atomic E-state index is 0.0199. The van der Waals surface area contributed by atoms with E-state index in [0.29, 0.717) is 95.3 Å². The molecule has 32 heteroatoms. The maximum Gasteiger partial charge on any atom is 0.410 e. The first-order chi connectivity index (χ1) is 56.8. The molecule has 0 radical (unpaired) electrons. The fraction of sp³-hybridized carbons (Fsp3) is 0.609. The van der Waals surface area contributed by atoms with Gasteiger partial charge >= 0.3 is 6.09 Å². The van der Waals surface area contributed by atoms with E-state index in [1.807, 2.05) is 106 Å². The molecule has 0 bridgehead atoms. The number of para-hydroxylation sites is 1. The molecule has 2 aliphatic heterocycles. The van der Waals surface area contributed by atoms with Gasteiger partial charge in [-0.3, -0.25) is 58.9 Å². The summed E-state index contributed by atoms with van der Waals surface area (Å²) in [6, 6.07) is 20.7. The number of hydrazine groups is 1. The number of amidine groups is 1. The van der Waals surface area contributed by atoms with E-state index in [-0.39, 0.29) is 106 Å². The van der Waals surface area contributed by atoms with E-state index in [1.165, 1.54) is 37.3 Å². The normalized spacial score (nSPS) is 16.4. The summed E-state index contributed by atoms with van der Waals surface area (Å²) in [5.41, 5.74) is 12.7. The number of aromatic nitrogens is 2. The number of methoxy groups -OCH3 is 2. The zero-order valence-electron chi connectivity index (χ0n) is 72.6. The number of nitrogens with zero attached hydrogens (tertiary/aromatic N) is 8. The molecule has 119 heavy (non-hydrogen) atoms. The number of hydrogen-bond acceptors (Lipinski definition) is 20. The average molecular weight is 1670 g/mol. The molecule has 9 N–H and O–H groups in total. The number of fused-ring (bicyclic) bond motifs is 1. The van der Waals surface area contributed by atoms with Crippen molar-refractivity contribution in [3.05, 3.63) is 118 Å². The molecule has 7 rings (SSSR count). The Morgan fingerprint density at radius 1 is 0.681 bits per heavy atom. The van der Waals surface area contributed by atoms with Crippen molar-refractivity contribution < 1.29 is 71.6 Å². The largest absolute Gasteiger partial charge is 0.445 e. The number of benzene rings is 3. The number of thiazole rings is 1. The Morgan fingerprint density at radius 3 is 1.97 bits per heavy atom. The second kappa shape index (κ2) is 48.1. The van der Waals surface area contributed by atoms with Crippen molar-refractivity contribution in [3.63, 3.8) is 0 Å². The topological polar surface area (TPSA) is 376 Å². The Bertz CT molecular complexity index is 4090. The summed E-state index contributed by atoms with van der Waals surface area (Å²) in [5, 5.41) is 27.6. The first-order valence-corrected chi connectivity index (χ1v) is 42.7. The highest BCUT2D eigenvalue weighted by atomic mass is 32.1. The zero-order valence-corrected chi connectivity index (χ0v) is 73.5. The van der Waals surface area contributed by atoms with E-state index in [0.717, 1.165) is 27.2 Å². The summed E-state index contributed by atoms with van der Waals surface area (Å²) >= 11 is 1.47. The van der Waals surface area contributed by atoms with Gasteiger partial charge in [0.2, 0.25) is 53.2 Å². The first kappa shape index (κ1) is 96.7. The van der Waals surface area contributed by atoms with Crippen LogP contribution in [-0.4, -0.2) is 254 Å². The van der Waals surface area contributed by atoms with Crippen LogP contribution < -0.4 is 37.7 Å². The number of likely N-dealkylation sites (tertiary alicyclic amines) is 2. The van der Waals surface area contributed by atoms with Gasteiger partial charge in [-0.05, 0) is 111 Å². The Labute approximate surface area is 706 Å². The van der Waals surface area contributed by atoms with Crippen LogP contribution in [0.25, 0.3) is 10.9 Å². The molecule has 0 spiro atoms. The molecule has 0 aliphatic carbocycles. The molecule has 31 nitrogen and oxygen atoms in total. The highest BCUT2D eigenvalue weighted by molar-refractivity contribution is 7.09. The van der Waals surface area contributed by atoms with Crippen molar-refractivity contribution in [3.8, 4) is 0 Å². The van der Waals surface area contributed by atoms with Crippen LogP contribution in [0.2, 0.25) is 0 Å². The molecule has 2 aromatic heterocycles. The monoisotopic (exact) mass is 1670 g/mol. The van der Waals surface area contributed by atoms with Crippen molar-refractivity contribution >= 4 is 93.0 Å². The fourth-order valence-electron chi connectivity index (χ4n) is 15.7. The van der Waals surface area contributed by atoms with E-state index < -0.39 is 108 Å². The number of likely N-dealkylation sites (N-methyl/N-ethyl adjacent to an activating group) is 2. The molecule has 2 fully saturated rings. The van der Waals surface area contributed by atoms with Gasteiger partial charge in [-0.15, -0.1) is 11.3 Å². The van der Waals surface area contributed by atoms with Crippen molar-refractivity contribution in [2.75, 3.05) is 100 Å². The van der Waals surface area contributed by atoms with Gasteiger partial charge in [0.05, 0.1) is 81.5 Å². The van der Waals surface area contributed by atoms with Crippen LogP contribution in [0.5, 0.6) is 0 Å². The number of ether oxygens (including phenoxy) is 5. The fourth-order valence-corrected chi connectivity index (χ4v) is 16.4. The molecule has 0 saturated carbocycles. The average Bonchev–Trinajstić information content (AvgIpc) is 1.69. The van der Waals surface area contributed by atoms with Gasteiger partial charge in [0.15, 0.2) is 0 Å². The van der Waals surface area contributed by atoms with Crippen LogP contribution in [-0.2, 0) is 93.0 Å². The molecule has 3 aromatic carbocycles. The molecule has 11 atom stereocenters. The van der Waals surface area contributed by atoms with Gasteiger partial charge < -0.3 is 80.2 Å². The van der Waals surface area contributed by atoms with Gasteiger partial charge in [-0.2, -0.15) is 0 Å². The number of carbonyl (C=O) groups is 10. The van der Waals surface area contributed by atoms with E-state index in [9.17, 15) is 47.9 Å². The van der Waals surface area contributed by atoms with E-state index >= 15 is 0 Å². The van der Waals surface area contributed by atoms with Crippen LogP contribution in [0, 0.1) is 35.0 Å². The number of carbonyl (C=O) groups excluding carboxylic acids is 10. The summed E-state index contributed by atoms with van der Waals surface area (Å²) in [5.74, 6) is -5.45. The molecule has 11 unspecified atom stereocenters. The molecule has 2 saturated heterocycles. The third-order valence-electron chi connectivity index (χ3n) is 22.8.